The van der Waals surface area contributed by atoms with E-state index in [-0.39, 0.29) is 11.9 Å². The van der Waals surface area contributed by atoms with Crippen LogP contribution in [0.15, 0.2) is 54.6 Å². The molecule has 2 aromatic carbocycles. The van der Waals surface area contributed by atoms with E-state index in [2.05, 4.69) is 4.98 Å². The molecule has 6 heteroatoms. The Labute approximate surface area is 168 Å². The van der Waals surface area contributed by atoms with Gasteiger partial charge in [-0.1, -0.05) is 41.9 Å². The number of halogens is 1. The van der Waals surface area contributed by atoms with Crippen LogP contribution < -0.4 is 4.74 Å². The first-order valence-corrected chi connectivity index (χ1v) is 9.82. The van der Waals surface area contributed by atoms with Crippen LogP contribution in [0, 0.1) is 6.92 Å². The molecule has 0 N–H and O–H groups in total. The number of hydrogen-bond donors (Lipinski definition) is 0. The van der Waals surface area contributed by atoms with Crippen LogP contribution in [0.1, 0.15) is 38.9 Å². The molecule has 0 bridgehead atoms. The van der Waals surface area contributed by atoms with Crippen molar-refractivity contribution in [3.8, 4) is 5.75 Å². The predicted molar refractivity (Wildman–Crippen MR) is 110 cm³/mol. The maximum atomic E-state index is 12.9. The van der Waals surface area contributed by atoms with Gasteiger partial charge in [0.1, 0.15) is 22.2 Å². The Hall–Kier alpha value is -2.37. The van der Waals surface area contributed by atoms with E-state index in [1.165, 1.54) is 11.3 Å². The van der Waals surface area contributed by atoms with Crippen molar-refractivity contribution in [2.24, 2.45) is 0 Å². The summed E-state index contributed by atoms with van der Waals surface area (Å²) in [5, 5.41) is 1.43. The highest BCUT2D eigenvalue weighted by molar-refractivity contribution is 7.13. The smallest absolute Gasteiger partial charge is 0.266 e. The van der Waals surface area contributed by atoms with Crippen molar-refractivity contribution >= 4 is 28.8 Å². The molecule has 1 aromatic heterocycles. The van der Waals surface area contributed by atoms with E-state index in [4.69, 9.17) is 16.3 Å². The van der Waals surface area contributed by atoms with Gasteiger partial charge in [0.05, 0.1) is 11.7 Å². The zero-order valence-electron chi connectivity index (χ0n) is 15.5. The van der Waals surface area contributed by atoms with Gasteiger partial charge in [0, 0.05) is 12.1 Å². The van der Waals surface area contributed by atoms with Crippen molar-refractivity contribution in [2.45, 2.75) is 26.5 Å². The molecule has 140 valence electrons. The SMILES string of the molecule is Cc1nc(COc2ccc(Cl)cc2)sc1C(=O)N(C)[C@@H](C)c1ccccc1. The van der Waals surface area contributed by atoms with E-state index in [9.17, 15) is 4.79 Å². The minimum absolute atomic E-state index is 0.0195. The third-order valence-electron chi connectivity index (χ3n) is 4.39. The van der Waals surface area contributed by atoms with E-state index in [0.29, 0.717) is 16.5 Å². The molecule has 0 saturated heterocycles. The fourth-order valence-corrected chi connectivity index (χ4v) is 3.77. The fraction of sp³-hybridized carbons (Fsp3) is 0.238. The Balaban J connectivity index is 1.69. The molecule has 1 atom stereocenters. The molecule has 0 aliphatic heterocycles. The molecule has 1 heterocycles. The van der Waals surface area contributed by atoms with Crippen molar-refractivity contribution in [1.29, 1.82) is 0 Å². The number of rotatable bonds is 6. The summed E-state index contributed by atoms with van der Waals surface area (Å²) in [6, 6.07) is 17.1. The fourth-order valence-electron chi connectivity index (χ4n) is 2.68. The number of aryl methyl sites for hydroxylation is 1. The average Bonchev–Trinajstić information content (AvgIpc) is 3.07. The second kappa shape index (κ2) is 8.55. The zero-order chi connectivity index (χ0) is 19.4. The van der Waals surface area contributed by atoms with Crippen molar-refractivity contribution < 1.29 is 9.53 Å². The molecule has 1 amide bonds. The van der Waals surface area contributed by atoms with Gasteiger partial charge in [-0.25, -0.2) is 4.98 Å². The Morgan fingerprint density at radius 3 is 2.52 bits per heavy atom. The van der Waals surface area contributed by atoms with Crippen LogP contribution in [-0.2, 0) is 6.61 Å². The molecule has 0 fully saturated rings. The number of hydrogen-bond acceptors (Lipinski definition) is 4. The standard InChI is InChI=1S/C21H21ClN2O2S/c1-14-20(21(25)24(3)15(2)16-7-5-4-6-8-16)27-19(23-14)13-26-18-11-9-17(22)10-12-18/h4-12,15H,13H2,1-3H3/t15-/m0/s1. The van der Waals surface area contributed by atoms with Crippen LogP contribution >= 0.6 is 22.9 Å². The first kappa shape index (κ1) is 19.4. The molecule has 0 aliphatic rings. The minimum Gasteiger partial charge on any atom is -0.486 e. The number of thiazole rings is 1. The molecule has 0 radical (unpaired) electrons. The summed E-state index contributed by atoms with van der Waals surface area (Å²) in [6.45, 7) is 4.20. The summed E-state index contributed by atoms with van der Waals surface area (Å²) >= 11 is 7.26. The number of benzene rings is 2. The number of aromatic nitrogens is 1. The van der Waals surface area contributed by atoms with Crippen LogP contribution in [-0.4, -0.2) is 22.8 Å². The molecule has 3 aromatic rings. The summed E-state index contributed by atoms with van der Waals surface area (Å²) < 4.78 is 5.74. The Morgan fingerprint density at radius 1 is 1.19 bits per heavy atom. The lowest BCUT2D eigenvalue weighted by Crippen LogP contribution is -2.29. The molecule has 0 saturated carbocycles. The van der Waals surface area contributed by atoms with Gasteiger partial charge in [-0.2, -0.15) is 0 Å². The lowest BCUT2D eigenvalue weighted by Gasteiger charge is -2.25. The summed E-state index contributed by atoms with van der Waals surface area (Å²) in [5.74, 6) is 0.689. The number of ether oxygens (including phenoxy) is 1. The Bertz CT molecular complexity index is 910. The molecule has 0 spiro atoms. The van der Waals surface area contributed by atoms with E-state index >= 15 is 0 Å². The largest absolute Gasteiger partial charge is 0.486 e. The summed E-state index contributed by atoms with van der Waals surface area (Å²) in [4.78, 5) is 19.8. The van der Waals surface area contributed by atoms with Crippen molar-refractivity contribution in [3.05, 3.63) is 80.8 Å². The van der Waals surface area contributed by atoms with Gasteiger partial charge in [0.2, 0.25) is 0 Å². The number of carbonyl (C=O) groups excluding carboxylic acids is 1. The summed E-state index contributed by atoms with van der Waals surface area (Å²) in [7, 11) is 1.82. The molecular weight excluding hydrogens is 380 g/mol. The van der Waals surface area contributed by atoms with Crippen LogP contribution in [0.3, 0.4) is 0 Å². The van der Waals surface area contributed by atoms with Crippen molar-refractivity contribution in [2.75, 3.05) is 7.05 Å². The molecule has 0 unspecified atom stereocenters. The number of nitrogens with zero attached hydrogens (tertiary/aromatic N) is 2. The third kappa shape index (κ3) is 4.67. The maximum Gasteiger partial charge on any atom is 0.266 e. The van der Waals surface area contributed by atoms with E-state index < -0.39 is 0 Å². The Morgan fingerprint density at radius 2 is 1.85 bits per heavy atom. The van der Waals surface area contributed by atoms with Crippen LogP contribution in [0.5, 0.6) is 5.75 Å². The average molecular weight is 401 g/mol. The topological polar surface area (TPSA) is 42.4 Å². The second-order valence-electron chi connectivity index (χ2n) is 6.27. The highest BCUT2D eigenvalue weighted by Crippen LogP contribution is 2.26. The molecule has 3 rings (SSSR count). The number of carbonyl (C=O) groups is 1. The van der Waals surface area contributed by atoms with Gasteiger partial charge in [-0.3, -0.25) is 4.79 Å². The van der Waals surface area contributed by atoms with Crippen molar-refractivity contribution in [3.63, 3.8) is 0 Å². The lowest BCUT2D eigenvalue weighted by molar-refractivity contribution is 0.0746. The van der Waals surface area contributed by atoms with E-state index in [0.717, 1.165) is 22.0 Å². The highest BCUT2D eigenvalue weighted by Gasteiger charge is 2.23. The Kier molecular flexibility index (Phi) is 6.14. The third-order valence-corrected chi connectivity index (χ3v) is 5.77. The van der Waals surface area contributed by atoms with Gasteiger partial charge >= 0.3 is 0 Å². The van der Waals surface area contributed by atoms with Gasteiger partial charge < -0.3 is 9.64 Å². The van der Waals surface area contributed by atoms with Crippen LogP contribution in [0.25, 0.3) is 0 Å². The van der Waals surface area contributed by atoms with Gasteiger partial charge in [-0.15, -0.1) is 11.3 Å². The summed E-state index contributed by atoms with van der Waals surface area (Å²) in [6.07, 6.45) is 0. The van der Waals surface area contributed by atoms with E-state index in [1.54, 1.807) is 17.0 Å². The van der Waals surface area contributed by atoms with Crippen LogP contribution in [0.2, 0.25) is 5.02 Å². The van der Waals surface area contributed by atoms with Gasteiger partial charge in [0.25, 0.3) is 5.91 Å². The van der Waals surface area contributed by atoms with Gasteiger partial charge in [-0.05, 0) is 43.7 Å². The summed E-state index contributed by atoms with van der Waals surface area (Å²) in [5.41, 5.74) is 1.83. The molecule has 0 aliphatic carbocycles. The highest BCUT2D eigenvalue weighted by atomic mass is 35.5. The van der Waals surface area contributed by atoms with E-state index in [1.807, 2.05) is 63.4 Å². The minimum atomic E-state index is -0.0286. The zero-order valence-corrected chi connectivity index (χ0v) is 17.1. The monoisotopic (exact) mass is 400 g/mol. The normalized spacial score (nSPS) is 11.9. The quantitative estimate of drug-likeness (QED) is 0.547. The first-order valence-electron chi connectivity index (χ1n) is 8.62. The second-order valence-corrected chi connectivity index (χ2v) is 7.79. The number of amides is 1. The first-order chi connectivity index (χ1) is 13.0. The van der Waals surface area contributed by atoms with Crippen LogP contribution in [0.4, 0.5) is 0 Å². The van der Waals surface area contributed by atoms with Crippen molar-refractivity contribution in [1.82, 2.24) is 9.88 Å². The molecular formula is C21H21ClN2O2S. The molecule has 27 heavy (non-hydrogen) atoms. The lowest BCUT2D eigenvalue weighted by atomic mass is 10.1. The molecule has 4 nitrogen and oxygen atoms in total. The predicted octanol–water partition coefficient (Wildman–Crippen LogP) is 5.52. The van der Waals surface area contributed by atoms with Gasteiger partial charge in [0.15, 0.2) is 0 Å². The maximum absolute atomic E-state index is 12.9.